The smallest absolute Gasteiger partial charge is 0.312 e. The van der Waals surface area contributed by atoms with E-state index in [0.717, 1.165) is 0 Å². The zero-order valence-electron chi connectivity index (χ0n) is 7.98. The van der Waals surface area contributed by atoms with Gasteiger partial charge >= 0.3 is 5.97 Å². The first-order valence-electron chi connectivity index (χ1n) is 4.70. The molecule has 2 rings (SSSR count). The molecular weight excluding hydrogens is 199 g/mol. The summed E-state index contributed by atoms with van der Waals surface area (Å²) in [5.41, 5.74) is -0.781. The van der Waals surface area contributed by atoms with Gasteiger partial charge < -0.3 is 10.2 Å². The highest BCUT2D eigenvalue weighted by Crippen LogP contribution is 2.59. The van der Waals surface area contributed by atoms with E-state index in [2.05, 4.69) is 0 Å². The molecule has 1 aromatic carbocycles. The number of aliphatic carboxylic acids is 1. The summed E-state index contributed by atoms with van der Waals surface area (Å²) in [6.45, 7) is -0.443. The molecule has 1 fully saturated rings. The van der Waals surface area contributed by atoms with E-state index in [1.165, 1.54) is 6.07 Å². The van der Waals surface area contributed by atoms with Crippen LogP contribution in [0.25, 0.3) is 0 Å². The van der Waals surface area contributed by atoms with Crippen molar-refractivity contribution in [2.75, 3.05) is 6.61 Å². The van der Waals surface area contributed by atoms with Crippen LogP contribution in [0.1, 0.15) is 17.9 Å². The van der Waals surface area contributed by atoms with Gasteiger partial charge in [0.2, 0.25) is 0 Å². The zero-order chi connectivity index (χ0) is 11.1. The van der Waals surface area contributed by atoms with Crippen LogP contribution in [0.15, 0.2) is 24.3 Å². The van der Waals surface area contributed by atoms with Gasteiger partial charge in [0.1, 0.15) is 5.82 Å². The molecule has 2 N–H and O–H groups in total. The topological polar surface area (TPSA) is 57.5 Å². The lowest BCUT2D eigenvalue weighted by Gasteiger charge is -2.08. The average molecular weight is 210 g/mol. The molecule has 0 spiro atoms. The van der Waals surface area contributed by atoms with Crippen LogP contribution >= 0.6 is 0 Å². The fourth-order valence-electron chi connectivity index (χ4n) is 1.95. The number of hydrogen-bond acceptors (Lipinski definition) is 2. The first kappa shape index (κ1) is 10.1. The predicted octanol–water partition coefficient (Wildman–Crippen LogP) is 1.38. The van der Waals surface area contributed by atoms with E-state index < -0.39 is 29.7 Å². The van der Waals surface area contributed by atoms with Gasteiger partial charge in [0, 0.05) is 5.92 Å². The molecule has 0 heterocycles. The van der Waals surface area contributed by atoms with Crippen LogP contribution in [0.2, 0.25) is 0 Å². The van der Waals surface area contributed by atoms with Crippen LogP contribution in [-0.2, 0) is 4.79 Å². The third-order valence-electron chi connectivity index (χ3n) is 3.06. The minimum absolute atomic E-state index is 0.305. The predicted molar refractivity (Wildman–Crippen MR) is 50.9 cm³/mol. The molecule has 0 aromatic heterocycles. The molecule has 15 heavy (non-hydrogen) atoms. The molecule has 1 aromatic rings. The second kappa shape index (κ2) is 3.31. The van der Waals surface area contributed by atoms with Gasteiger partial charge in [-0.15, -0.1) is 0 Å². The van der Waals surface area contributed by atoms with Gasteiger partial charge in [-0.1, -0.05) is 18.2 Å². The second-order valence-corrected chi connectivity index (χ2v) is 3.90. The molecule has 3 nitrogen and oxygen atoms in total. The first-order chi connectivity index (χ1) is 7.12. The highest BCUT2D eigenvalue weighted by atomic mass is 19.1. The van der Waals surface area contributed by atoms with Crippen LogP contribution in [0, 0.1) is 11.2 Å². The van der Waals surface area contributed by atoms with Crippen molar-refractivity contribution in [3.8, 4) is 0 Å². The quantitative estimate of drug-likeness (QED) is 0.792. The molecule has 0 bridgehead atoms. The number of halogens is 1. The van der Waals surface area contributed by atoms with Gasteiger partial charge in [0.05, 0.1) is 12.0 Å². The molecule has 0 aliphatic heterocycles. The van der Waals surface area contributed by atoms with Crippen molar-refractivity contribution in [1.29, 1.82) is 0 Å². The summed E-state index contributed by atoms with van der Waals surface area (Å²) in [4.78, 5) is 10.9. The summed E-state index contributed by atoms with van der Waals surface area (Å²) in [5, 5.41) is 18.0. The lowest BCUT2D eigenvalue weighted by atomic mass is 10.00. The summed E-state index contributed by atoms with van der Waals surface area (Å²) in [7, 11) is 0. The summed E-state index contributed by atoms with van der Waals surface area (Å²) in [6.07, 6.45) is 0.305. The second-order valence-electron chi connectivity index (χ2n) is 3.90. The van der Waals surface area contributed by atoms with E-state index in [1.807, 2.05) is 0 Å². The maximum absolute atomic E-state index is 13.3. The third-order valence-corrected chi connectivity index (χ3v) is 3.06. The molecule has 1 aliphatic rings. The van der Waals surface area contributed by atoms with E-state index in [1.54, 1.807) is 18.2 Å². The third kappa shape index (κ3) is 1.41. The van der Waals surface area contributed by atoms with E-state index in [-0.39, 0.29) is 0 Å². The number of hydrogen-bond donors (Lipinski definition) is 2. The van der Waals surface area contributed by atoms with Crippen molar-refractivity contribution in [3.63, 3.8) is 0 Å². The molecule has 2 unspecified atom stereocenters. The molecule has 1 saturated carbocycles. The van der Waals surface area contributed by atoms with E-state index >= 15 is 0 Å². The Balaban J connectivity index is 2.30. The Morgan fingerprint density at radius 3 is 2.67 bits per heavy atom. The summed E-state index contributed by atoms with van der Waals surface area (Å²) >= 11 is 0. The van der Waals surface area contributed by atoms with Crippen LogP contribution in [-0.4, -0.2) is 22.8 Å². The minimum atomic E-state index is -1.16. The van der Waals surface area contributed by atoms with Crippen molar-refractivity contribution < 1.29 is 19.4 Å². The highest BCUT2D eigenvalue weighted by molar-refractivity contribution is 5.80. The molecule has 4 heteroatoms. The van der Waals surface area contributed by atoms with Crippen molar-refractivity contribution in [2.45, 2.75) is 12.3 Å². The maximum atomic E-state index is 13.3. The normalized spacial score (nSPS) is 28.8. The Labute approximate surface area is 86.2 Å². The Kier molecular flexibility index (Phi) is 2.23. The lowest BCUT2D eigenvalue weighted by molar-refractivity contribution is -0.145. The number of carbonyl (C=O) groups is 1. The summed E-state index contributed by atoms with van der Waals surface area (Å²) in [5.74, 6) is -1.86. The van der Waals surface area contributed by atoms with Gasteiger partial charge in [-0.25, -0.2) is 4.39 Å². The van der Waals surface area contributed by atoms with Crippen LogP contribution in [0.3, 0.4) is 0 Å². The number of carboxylic acids is 1. The Hall–Kier alpha value is -1.42. The summed E-state index contributed by atoms with van der Waals surface area (Å²) < 4.78 is 13.3. The van der Waals surface area contributed by atoms with Crippen LogP contribution in [0.4, 0.5) is 4.39 Å². The fraction of sp³-hybridized carbons (Fsp3) is 0.364. The molecule has 0 saturated heterocycles. The molecule has 0 radical (unpaired) electrons. The molecule has 80 valence electrons. The van der Waals surface area contributed by atoms with E-state index in [0.29, 0.717) is 12.0 Å². The number of benzene rings is 1. The Bertz CT molecular complexity index is 405. The van der Waals surface area contributed by atoms with Gasteiger partial charge in [-0.2, -0.15) is 0 Å². The standard InChI is InChI=1S/C11H11FO3/c12-9-4-2-1-3-7(9)8-5-11(8,6-13)10(14)15/h1-4,8,13H,5-6H2,(H,14,15). The molecule has 1 aliphatic carbocycles. The fourth-order valence-corrected chi connectivity index (χ4v) is 1.95. The number of carboxylic acid groups (broad SMARTS) is 1. The summed E-state index contributed by atoms with van der Waals surface area (Å²) in [6, 6.07) is 6.10. The Morgan fingerprint density at radius 2 is 2.20 bits per heavy atom. The molecule has 0 amide bonds. The van der Waals surface area contributed by atoms with Crippen molar-refractivity contribution >= 4 is 5.97 Å². The number of aliphatic hydroxyl groups is 1. The van der Waals surface area contributed by atoms with Gasteiger partial charge in [0.25, 0.3) is 0 Å². The SMILES string of the molecule is O=C(O)C1(CO)CC1c1ccccc1F. The van der Waals surface area contributed by atoms with Gasteiger partial charge in [-0.05, 0) is 18.1 Å². The van der Waals surface area contributed by atoms with E-state index in [9.17, 15) is 9.18 Å². The van der Waals surface area contributed by atoms with Crippen molar-refractivity contribution in [1.82, 2.24) is 0 Å². The number of aliphatic hydroxyl groups excluding tert-OH is 1. The minimum Gasteiger partial charge on any atom is -0.481 e. The van der Waals surface area contributed by atoms with Crippen LogP contribution in [0.5, 0.6) is 0 Å². The highest BCUT2D eigenvalue weighted by Gasteiger charge is 2.61. The molecular formula is C11H11FO3. The zero-order valence-corrected chi connectivity index (χ0v) is 7.98. The van der Waals surface area contributed by atoms with Crippen LogP contribution < -0.4 is 0 Å². The maximum Gasteiger partial charge on any atom is 0.312 e. The van der Waals surface area contributed by atoms with Crippen molar-refractivity contribution in [3.05, 3.63) is 35.6 Å². The van der Waals surface area contributed by atoms with E-state index in [4.69, 9.17) is 10.2 Å². The van der Waals surface area contributed by atoms with Crippen molar-refractivity contribution in [2.24, 2.45) is 5.41 Å². The largest absolute Gasteiger partial charge is 0.481 e. The Morgan fingerprint density at radius 1 is 1.53 bits per heavy atom. The number of rotatable bonds is 3. The molecule has 2 atom stereocenters. The average Bonchev–Trinajstić information content (AvgIpc) is 2.94. The monoisotopic (exact) mass is 210 g/mol. The van der Waals surface area contributed by atoms with Gasteiger partial charge in [0.15, 0.2) is 0 Å². The first-order valence-corrected chi connectivity index (χ1v) is 4.70. The lowest BCUT2D eigenvalue weighted by Crippen LogP contribution is -2.21. The van der Waals surface area contributed by atoms with Gasteiger partial charge in [-0.3, -0.25) is 4.79 Å².